The number of hydrogen-bond donors (Lipinski definition) is 0. The highest BCUT2D eigenvalue weighted by Crippen LogP contribution is 2.39. The van der Waals surface area contributed by atoms with Crippen molar-refractivity contribution in [2.24, 2.45) is 0 Å². The van der Waals surface area contributed by atoms with Crippen LogP contribution >= 0.6 is 0 Å². The van der Waals surface area contributed by atoms with Crippen molar-refractivity contribution >= 4 is 21.7 Å². The zero-order valence-corrected chi connectivity index (χ0v) is 22.1. The summed E-state index contributed by atoms with van der Waals surface area (Å²) in [6.45, 7) is 10.8. The summed E-state index contributed by atoms with van der Waals surface area (Å²) in [4.78, 5) is 9.53. The molecular formula is C35H30N2. The van der Waals surface area contributed by atoms with Crippen LogP contribution in [0.4, 0.5) is 0 Å². The van der Waals surface area contributed by atoms with E-state index in [0.717, 1.165) is 22.5 Å². The third-order valence-corrected chi connectivity index (χ3v) is 7.35. The van der Waals surface area contributed by atoms with E-state index in [9.17, 15) is 0 Å². The average Bonchev–Trinajstić information content (AvgIpc) is 2.88. The Kier molecular flexibility index (Phi) is 5.61. The maximum atomic E-state index is 4.91. The lowest BCUT2D eigenvalue weighted by atomic mass is 9.88. The molecule has 6 rings (SSSR count). The van der Waals surface area contributed by atoms with E-state index in [0.29, 0.717) is 0 Å². The number of aryl methyl sites for hydroxylation is 5. The predicted octanol–water partition coefficient (Wildman–Crippen LogP) is 9.33. The van der Waals surface area contributed by atoms with Gasteiger partial charge in [0.25, 0.3) is 0 Å². The molecule has 0 saturated heterocycles. The molecule has 0 bridgehead atoms. The van der Waals surface area contributed by atoms with Gasteiger partial charge in [0.2, 0.25) is 0 Å². The van der Waals surface area contributed by atoms with Gasteiger partial charge in [0.05, 0.1) is 11.2 Å². The van der Waals surface area contributed by atoms with Crippen molar-refractivity contribution in [3.8, 4) is 33.5 Å². The van der Waals surface area contributed by atoms with Gasteiger partial charge in [0.15, 0.2) is 0 Å². The normalized spacial score (nSPS) is 11.4. The lowest BCUT2D eigenvalue weighted by Gasteiger charge is -2.17. The van der Waals surface area contributed by atoms with Gasteiger partial charge in [-0.3, -0.25) is 9.97 Å². The smallest absolute Gasteiger partial charge is 0.0717 e. The van der Waals surface area contributed by atoms with Crippen molar-refractivity contribution in [1.82, 2.24) is 9.97 Å². The fourth-order valence-corrected chi connectivity index (χ4v) is 5.46. The first-order valence-electron chi connectivity index (χ1n) is 12.8. The van der Waals surface area contributed by atoms with Gasteiger partial charge in [0.1, 0.15) is 0 Å². The summed E-state index contributed by atoms with van der Waals surface area (Å²) < 4.78 is 0. The third kappa shape index (κ3) is 4.19. The molecule has 4 aromatic carbocycles. The second kappa shape index (κ2) is 8.97. The maximum Gasteiger partial charge on any atom is 0.0717 e. The van der Waals surface area contributed by atoms with Crippen LogP contribution in [0.3, 0.4) is 0 Å². The van der Waals surface area contributed by atoms with Gasteiger partial charge in [-0.25, -0.2) is 0 Å². The summed E-state index contributed by atoms with van der Waals surface area (Å²) in [5.41, 5.74) is 14.2. The molecule has 0 fully saturated rings. The Balaban J connectivity index is 1.59. The Hall–Kier alpha value is -4.30. The van der Waals surface area contributed by atoms with Crippen LogP contribution in [0.1, 0.15) is 27.9 Å². The second-order valence-corrected chi connectivity index (χ2v) is 10.3. The van der Waals surface area contributed by atoms with Crippen LogP contribution in [0.5, 0.6) is 0 Å². The fourth-order valence-electron chi connectivity index (χ4n) is 5.46. The number of hydrogen-bond acceptors (Lipinski definition) is 2. The molecular weight excluding hydrogens is 448 g/mol. The van der Waals surface area contributed by atoms with E-state index < -0.39 is 0 Å². The van der Waals surface area contributed by atoms with Gasteiger partial charge in [-0.1, -0.05) is 54.1 Å². The molecule has 6 aromatic rings. The van der Waals surface area contributed by atoms with Gasteiger partial charge < -0.3 is 0 Å². The predicted molar refractivity (Wildman–Crippen MR) is 157 cm³/mol. The van der Waals surface area contributed by atoms with Crippen LogP contribution in [0, 0.1) is 34.6 Å². The summed E-state index contributed by atoms with van der Waals surface area (Å²) in [6, 6.07) is 30.9. The molecule has 0 amide bonds. The third-order valence-electron chi connectivity index (χ3n) is 7.35. The number of rotatable bonds is 3. The minimum atomic E-state index is 1.00. The van der Waals surface area contributed by atoms with Crippen LogP contribution in [0.15, 0.2) is 91.1 Å². The minimum absolute atomic E-state index is 1.00. The Morgan fingerprint density at radius 2 is 1.27 bits per heavy atom. The van der Waals surface area contributed by atoms with E-state index in [1.54, 1.807) is 0 Å². The molecule has 0 atom stereocenters. The van der Waals surface area contributed by atoms with Gasteiger partial charge in [-0.15, -0.1) is 0 Å². The van der Waals surface area contributed by atoms with E-state index in [1.165, 1.54) is 60.7 Å². The molecule has 2 nitrogen and oxygen atoms in total. The standard InChI is InChI=1S/C35H30N2/c1-21-9-11-28-29-12-10-25(5)37-35(29)20-33(32(28)15-21)31-19-30(23(3)17-24(31)4)26-7-6-8-27(18-26)34-16-22(2)13-14-36-34/h6-20H,1-5H3. The Bertz CT molecular complexity index is 1830. The first-order chi connectivity index (χ1) is 17.9. The Morgan fingerprint density at radius 3 is 2.11 bits per heavy atom. The average molecular weight is 479 g/mol. The molecule has 0 aliphatic carbocycles. The van der Waals surface area contributed by atoms with Crippen LogP contribution < -0.4 is 0 Å². The first kappa shape index (κ1) is 23.1. The van der Waals surface area contributed by atoms with Crippen molar-refractivity contribution in [2.45, 2.75) is 34.6 Å². The van der Waals surface area contributed by atoms with Crippen molar-refractivity contribution in [1.29, 1.82) is 0 Å². The molecule has 0 unspecified atom stereocenters. The van der Waals surface area contributed by atoms with E-state index in [-0.39, 0.29) is 0 Å². The topological polar surface area (TPSA) is 25.8 Å². The summed E-state index contributed by atoms with van der Waals surface area (Å²) >= 11 is 0. The van der Waals surface area contributed by atoms with Gasteiger partial charge in [-0.05, 0) is 121 Å². The van der Waals surface area contributed by atoms with Crippen molar-refractivity contribution in [3.05, 3.63) is 119 Å². The van der Waals surface area contributed by atoms with Gasteiger partial charge in [-0.2, -0.15) is 0 Å². The number of fused-ring (bicyclic) bond motifs is 3. The van der Waals surface area contributed by atoms with Crippen molar-refractivity contribution < 1.29 is 0 Å². The molecule has 0 radical (unpaired) electrons. The highest BCUT2D eigenvalue weighted by atomic mass is 14.7. The number of aromatic nitrogens is 2. The van der Waals surface area contributed by atoms with Gasteiger partial charge in [0, 0.05) is 22.8 Å². The molecule has 0 N–H and O–H groups in total. The maximum absolute atomic E-state index is 4.91. The van der Waals surface area contributed by atoms with Crippen LogP contribution in [0.2, 0.25) is 0 Å². The van der Waals surface area contributed by atoms with E-state index in [1.807, 2.05) is 12.3 Å². The molecule has 2 heteroatoms. The minimum Gasteiger partial charge on any atom is -0.256 e. The molecule has 0 aliphatic heterocycles. The molecule has 0 saturated carbocycles. The summed E-state index contributed by atoms with van der Waals surface area (Å²) in [6.07, 6.45) is 1.88. The fraction of sp³-hybridized carbons (Fsp3) is 0.143. The van der Waals surface area contributed by atoms with Crippen molar-refractivity contribution in [3.63, 3.8) is 0 Å². The summed E-state index contributed by atoms with van der Waals surface area (Å²) in [5.74, 6) is 0. The largest absolute Gasteiger partial charge is 0.256 e. The quantitative estimate of drug-likeness (QED) is 0.237. The molecule has 0 aliphatic rings. The second-order valence-electron chi connectivity index (χ2n) is 10.3. The zero-order chi connectivity index (χ0) is 25.7. The Labute approximate surface area is 218 Å². The number of pyridine rings is 2. The lowest BCUT2D eigenvalue weighted by molar-refractivity contribution is 1.26. The summed E-state index contributed by atoms with van der Waals surface area (Å²) in [7, 11) is 0. The molecule has 2 aromatic heterocycles. The zero-order valence-electron chi connectivity index (χ0n) is 22.1. The van der Waals surface area contributed by atoms with E-state index in [2.05, 4.69) is 118 Å². The summed E-state index contributed by atoms with van der Waals surface area (Å²) in [5, 5.41) is 3.72. The Morgan fingerprint density at radius 1 is 0.514 bits per heavy atom. The molecule has 37 heavy (non-hydrogen) atoms. The number of nitrogens with zero attached hydrogens (tertiary/aromatic N) is 2. The monoisotopic (exact) mass is 478 g/mol. The van der Waals surface area contributed by atoms with Crippen LogP contribution in [0.25, 0.3) is 55.2 Å². The highest BCUT2D eigenvalue weighted by molar-refractivity contribution is 6.13. The van der Waals surface area contributed by atoms with Crippen LogP contribution in [-0.2, 0) is 0 Å². The SMILES string of the molecule is Cc1ccnc(-c2cccc(-c3cc(-c4cc5nc(C)ccc5c5ccc(C)cc45)c(C)cc3C)c2)c1. The lowest BCUT2D eigenvalue weighted by Crippen LogP contribution is -1.94. The van der Waals surface area contributed by atoms with E-state index >= 15 is 0 Å². The van der Waals surface area contributed by atoms with Crippen molar-refractivity contribution in [2.75, 3.05) is 0 Å². The number of benzene rings is 4. The highest BCUT2D eigenvalue weighted by Gasteiger charge is 2.15. The molecule has 0 spiro atoms. The first-order valence-corrected chi connectivity index (χ1v) is 12.8. The molecule has 2 heterocycles. The molecule has 180 valence electrons. The van der Waals surface area contributed by atoms with E-state index in [4.69, 9.17) is 4.98 Å². The van der Waals surface area contributed by atoms with Crippen LogP contribution in [-0.4, -0.2) is 9.97 Å². The van der Waals surface area contributed by atoms with Gasteiger partial charge >= 0.3 is 0 Å².